The highest BCUT2D eigenvalue weighted by Crippen LogP contribution is 2.29. The number of likely N-dealkylation sites (tertiary alicyclic amines) is 1. The molecule has 1 aliphatic rings. The van der Waals surface area contributed by atoms with Gasteiger partial charge in [0.25, 0.3) is 5.89 Å². The molecular formula is C21H22N4O3. The van der Waals surface area contributed by atoms with Crippen LogP contribution in [0.5, 0.6) is 5.75 Å². The Labute approximate surface area is 163 Å². The summed E-state index contributed by atoms with van der Waals surface area (Å²) in [5.41, 5.74) is 1.70. The number of rotatable bonds is 7. The molecule has 1 aromatic carbocycles. The number of hydrogen-bond donors (Lipinski definition) is 0. The van der Waals surface area contributed by atoms with E-state index in [9.17, 15) is 4.79 Å². The first-order chi connectivity index (χ1) is 13.7. The molecule has 1 atom stereocenters. The summed E-state index contributed by atoms with van der Waals surface area (Å²) in [6, 6.07) is 13.4. The second kappa shape index (κ2) is 8.21. The van der Waals surface area contributed by atoms with Gasteiger partial charge in [-0.1, -0.05) is 30.3 Å². The predicted molar refractivity (Wildman–Crippen MR) is 103 cm³/mol. The Morgan fingerprint density at radius 2 is 2.07 bits per heavy atom. The molecule has 1 amide bonds. The van der Waals surface area contributed by atoms with Gasteiger partial charge in [-0.2, -0.15) is 4.98 Å². The van der Waals surface area contributed by atoms with E-state index in [2.05, 4.69) is 22.0 Å². The third kappa shape index (κ3) is 4.03. The minimum atomic E-state index is -0.0686. The molecule has 1 aliphatic heterocycles. The van der Waals surface area contributed by atoms with Crippen LogP contribution in [0.15, 0.2) is 53.2 Å². The molecule has 144 valence electrons. The maximum Gasteiger partial charge on any atom is 0.276 e. The van der Waals surface area contributed by atoms with Crippen LogP contribution in [0.4, 0.5) is 0 Å². The van der Waals surface area contributed by atoms with Crippen molar-refractivity contribution in [2.75, 3.05) is 13.2 Å². The summed E-state index contributed by atoms with van der Waals surface area (Å²) < 4.78 is 10.9. The van der Waals surface area contributed by atoms with Gasteiger partial charge in [-0.25, -0.2) is 0 Å². The summed E-state index contributed by atoms with van der Waals surface area (Å²) in [5.74, 6) is 1.82. The molecule has 0 aliphatic carbocycles. The molecule has 0 radical (unpaired) electrons. The zero-order valence-electron chi connectivity index (χ0n) is 15.7. The van der Waals surface area contributed by atoms with Crippen LogP contribution in [0.1, 0.15) is 37.1 Å². The van der Waals surface area contributed by atoms with Crippen molar-refractivity contribution in [3.05, 3.63) is 60.0 Å². The number of nitrogens with zero attached hydrogens (tertiary/aromatic N) is 4. The molecule has 0 spiro atoms. The van der Waals surface area contributed by atoms with Crippen LogP contribution < -0.4 is 4.74 Å². The number of amides is 1. The van der Waals surface area contributed by atoms with Crippen LogP contribution in [-0.2, 0) is 11.3 Å². The molecule has 0 bridgehead atoms. The van der Waals surface area contributed by atoms with Crippen molar-refractivity contribution in [1.29, 1.82) is 0 Å². The topological polar surface area (TPSA) is 81.3 Å². The standard InChI is InChI=1S/C21H22N4O3/c1-2-11-27-17-8-6-15(7-9-17)13-25-14-16(12-19(25)26)20-23-21(28-24-20)18-5-3-4-10-22-18/h3-10,16H,2,11-14H2,1H3. The van der Waals surface area contributed by atoms with Crippen molar-refractivity contribution in [3.63, 3.8) is 0 Å². The van der Waals surface area contributed by atoms with Gasteiger partial charge in [-0.05, 0) is 36.2 Å². The molecule has 1 saturated heterocycles. The lowest BCUT2D eigenvalue weighted by atomic mass is 10.1. The number of benzene rings is 1. The van der Waals surface area contributed by atoms with Gasteiger partial charge in [0.05, 0.1) is 6.61 Å². The summed E-state index contributed by atoms with van der Waals surface area (Å²) in [4.78, 5) is 22.9. The molecule has 0 N–H and O–H groups in total. The van der Waals surface area contributed by atoms with E-state index < -0.39 is 0 Å². The molecule has 3 heterocycles. The van der Waals surface area contributed by atoms with E-state index in [0.717, 1.165) is 17.7 Å². The largest absolute Gasteiger partial charge is 0.494 e. The zero-order chi connectivity index (χ0) is 19.3. The van der Waals surface area contributed by atoms with Gasteiger partial charge >= 0.3 is 0 Å². The number of carbonyl (C=O) groups excluding carboxylic acids is 1. The van der Waals surface area contributed by atoms with Crippen molar-refractivity contribution in [2.24, 2.45) is 0 Å². The van der Waals surface area contributed by atoms with Crippen LogP contribution in [0, 0.1) is 0 Å². The van der Waals surface area contributed by atoms with Crippen LogP contribution in [0.3, 0.4) is 0 Å². The second-order valence-corrected chi connectivity index (χ2v) is 6.84. The highest BCUT2D eigenvalue weighted by atomic mass is 16.5. The van der Waals surface area contributed by atoms with Crippen LogP contribution in [0.25, 0.3) is 11.6 Å². The first-order valence-corrected chi connectivity index (χ1v) is 9.47. The van der Waals surface area contributed by atoms with Gasteiger partial charge in [0.15, 0.2) is 5.82 Å². The summed E-state index contributed by atoms with van der Waals surface area (Å²) in [5, 5.41) is 4.07. The number of aromatic nitrogens is 3. The van der Waals surface area contributed by atoms with E-state index in [4.69, 9.17) is 9.26 Å². The highest BCUT2D eigenvalue weighted by Gasteiger charge is 2.33. The van der Waals surface area contributed by atoms with E-state index in [1.165, 1.54) is 0 Å². The van der Waals surface area contributed by atoms with Crippen molar-refractivity contribution < 1.29 is 14.1 Å². The Balaban J connectivity index is 1.39. The Morgan fingerprint density at radius 3 is 2.82 bits per heavy atom. The molecule has 1 fully saturated rings. The van der Waals surface area contributed by atoms with Gasteiger partial charge in [-0.15, -0.1) is 0 Å². The lowest BCUT2D eigenvalue weighted by molar-refractivity contribution is -0.128. The molecule has 3 aromatic rings. The third-order valence-electron chi connectivity index (χ3n) is 4.68. The summed E-state index contributed by atoms with van der Waals surface area (Å²) in [6.07, 6.45) is 3.04. The quantitative estimate of drug-likeness (QED) is 0.626. The fraction of sp³-hybridized carbons (Fsp3) is 0.333. The molecular weight excluding hydrogens is 356 g/mol. The highest BCUT2D eigenvalue weighted by molar-refractivity contribution is 5.79. The van der Waals surface area contributed by atoms with Crippen LogP contribution in [-0.4, -0.2) is 39.1 Å². The lowest BCUT2D eigenvalue weighted by Gasteiger charge is -2.16. The molecule has 1 unspecified atom stereocenters. The smallest absolute Gasteiger partial charge is 0.276 e. The molecule has 7 heteroatoms. The molecule has 4 rings (SSSR count). The SMILES string of the molecule is CCCOc1ccc(CN2CC(c3noc(-c4ccccn4)n3)CC2=O)cc1. The summed E-state index contributed by atoms with van der Waals surface area (Å²) >= 11 is 0. The van der Waals surface area contributed by atoms with Gasteiger partial charge in [0.2, 0.25) is 5.91 Å². The fourth-order valence-corrected chi connectivity index (χ4v) is 3.22. The zero-order valence-corrected chi connectivity index (χ0v) is 15.7. The maximum absolute atomic E-state index is 12.5. The summed E-state index contributed by atoms with van der Waals surface area (Å²) in [6.45, 7) is 3.92. The molecule has 28 heavy (non-hydrogen) atoms. The van der Waals surface area contributed by atoms with Crippen LogP contribution in [0.2, 0.25) is 0 Å². The van der Waals surface area contributed by atoms with E-state index in [1.54, 1.807) is 6.20 Å². The minimum absolute atomic E-state index is 0.0686. The van der Waals surface area contributed by atoms with E-state index in [0.29, 0.717) is 43.5 Å². The minimum Gasteiger partial charge on any atom is -0.494 e. The van der Waals surface area contributed by atoms with Gasteiger partial charge in [0, 0.05) is 31.6 Å². The van der Waals surface area contributed by atoms with Crippen molar-refractivity contribution in [3.8, 4) is 17.3 Å². The van der Waals surface area contributed by atoms with Gasteiger partial charge < -0.3 is 14.2 Å². The number of carbonyl (C=O) groups is 1. The Kier molecular flexibility index (Phi) is 5.32. The molecule has 2 aromatic heterocycles. The average molecular weight is 378 g/mol. The Morgan fingerprint density at radius 1 is 1.21 bits per heavy atom. The van der Waals surface area contributed by atoms with Crippen LogP contribution >= 0.6 is 0 Å². The monoisotopic (exact) mass is 378 g/mol. The van der Waals surface area contributed by atoms with Gasteiger partial charge in [-0.3, -0.25) is 9.78 Å². The van der Waals surface area contributed by atoms with Crippen molar-refractivity contribution >= 4 is 5.91 Å². The first kappa shape index (κ1) is 18.2. The third-order valence-corrected chi connectivity index (χ3v) is 4.68. The van der Waals surface area contributed by atoms with E-state index >= 15 is 0 Å². The number of pyridine rings is 1. The lowest BCUT2D eigenvalue weighted by Crippen LogP contribution is -2.24. The van der Waals surface area contributed by atoms with E-state index in [1.807, 2.05) is 47.4 Å². The van der Waals surface area contributed by atoms with Crippen molar-refractivity contribution in [2.45, 2.75) is 32.2 Å². The predicted octanol–water partition coefficient (Wildman–Crippen LogP) is 3.44. The number of ether oxygens (including phenoxy) is 1. The normalized spacial score (nSPS) is 16.5. The molecule has 7 nitrogen and oxygen atoms in total. The van der Waals surface area contributed by atoms with Crippen molar-refractivity contribution in [1.82, 2.24) is 20.0 Å². The van der Waals surface area contributed by atoms with E-state index in [-0.39, 0.29) is 11.8 Å². The first-order valence-electron chi connectivity index (χ1n) is 9.47. The average Bonchev–Trinajstić information content (AvgIpc) is 3.36. The second-order valence-electron chi connectivity index (χ2n) is 6.84. The Bertz CT molecular complexity index is 924. The van der Waals surface area contributed by atoms with Gasteiger partial charge in [0.1, 0.15) is 11.4 Å². The summed E-state index contributed by atoms with van der Waals surface area (Å²) in [7, 11) is 0. The Hall–Kier alpha value is -3.22. The number of hydrogen-bond acceptors (Lipinski definition) is 6. The fourth-order valence-electron chi connectivity index (χ4n) is 3.22. The molecule has 0 saturated carbocycles. The maximum atomic E-state index is 12.5.